The first-order valence-corrected chi connectivity index (χ1v) is 10.6. The third-order valence-electron chi connectivity index (χ3n) is 5.46. The molecule has 1 N–H and O–H groups in total. The molecule has 2 aromatic carbocycles. The second kappa shape index (κ2) is 10.7. The van der Waals surface area contributed by atoms with Crippen LogP contribution in [0.3, 0.4) is 0 Å². The van der Waals surface area contributed by atoms with E-state index in [1.165, 1.54) is 12.5 Å². The average molecular weight is 420 g/mol. The van der Waals surface area contributed by atoms with Crippen LogP contribution in [0.25, 0.3) is 6.08 Å². The average Bonchev–Trinajstić information content (AvgIpc) is 3.26. The van der Waals surface area contributed by atoms with Crippen molar-refractivity contribution in [1.29, 1.82) is 0 Å². The van der Waals surface area contributed by atoms with Crippen LogP contribution in [0.1, 0.15) is 47.3 Å². The number of rotatable bonds is 10. The number of ether oxygens (including phenoxy) is 1. The van der Waals surface area contributed by atoms with Crippen molar-refractivity contribution >= 4 is 17.8 Å². The fourth-order valence-electron chi connectivity index (χ4n) is 3.44. The van der Waals surface area contributed by atoms with Crippen molar-refractivity contribution in [2.75, 3.05) is 6.54 Å². The van der Waals surface area contributed by atoms with Crippen LogP contribution in [-0.2, 0) is 22.6 Å². The lowest BCUT2D eigenvalue weighted by Crippen LogP contribution is -2.34. The first-order chi connectivity index (χ1) is 15.0. The van der Waals surface area contributed by atoms with Crippen LogP contribution in [0, 0.1) is 0 Å². The molecule has 0 spiro atoms. The molecular weight excluding hydrogens is 390 g/mol. The summed E-state index contributed by atoms with van der Waals surface area (Å²) in [7, 11) is 0. The molecule has 31 heavy (non-hydrogen) atoms. The number of carboxylic acids is 1. The van der Waals surface area contributed by atoms with Gasteiger partial charge >= 0.3 is 5.97 Å². The van der Waals surface area contributed by atoms with Crippen molar-refractivity contribution < 1.29 is 19.4 Å². The minimum atomic E-state index is -0.967. The molecule has 0 saturated carbocycles. The predicted octanol–water partition coefficient (Wildman–Crippen LogP) is 4.72. The molecule has 0 bridgehead atoms. The van der Waals surface area contributed by atoms with Gasteiger partial charge in [-0.3, -0.25) is 4.79 Å². The van der Waals surface area contributed by atoms with Crippen molar-refractivity contribution in [3.05, 3.63) is 89.1 Å². The zero-order chi connectivity index (χ0) is 22.2. The maximum absolute atomic E-state index is 12.9. The van der Waals surface area contributed by atoms with E-state index < -0.39 is 12.1 Å². The summed E-state index contributed by atoms with van der Waals surface area (Å²) in [6.07, 6.45) is 8.98. The van der Waals surface area contributed by atoms with Crippen molar-refractivity contribution in [2.24, 2.45) is 0 Å². The fourth-order valence-corrected chi connectivity index (χ4v) is 3.44. The summed E-state index contributed by atoms with van der Waals surface area (Å²) < 4.78 is 5.30. The summed E-state index contributed by atoms with van der Waals surface area (Å²) in [6.45, 7) is 4.54. The Morgan fingerprint density at radius 2 is 1.81 bits per heavy atom. The third kappa shape index (κ3) is 6.15. The number of hydrogen-bond donors (Lipinski definition) is 1. The largest absolute Gasteiger partial charge is 0.479 e. The quantitative estimate of drug-likeness (QED) is 0.564. The van der Waals surface area contributed by atoms with Gasteiger partial charge in [0.05, 0.1) is 12.6 Å². The normalized spacial score (nSPS) is 16.7. The number of carbonyl (C=O) groups excluding carboxylic acids is 1. The molecule has 0 saturated heterocycles. The number of hydrogen-bond acceptors (Lipinski definition) is 4. The number of nitrogens with zero attached hydrogens (tertiary/aromatic N) is 1. The topological polar surface area (TPSA) is 66.8 Å². The van der Waals surface area contributed by atoms with Crippen molar-refractivity contribution in [1.82, 2.24) is 4.90 Å². The summed E-state index contributed by atoms with van der Waals surface area (Å²) in [5, 5.41) is 8.87. The van der Waals surface area contributed by atoms with Crippen LogP contribution in [0.15, 0.2) is 66.9 Å². The van der Waals surface area contributed by atoms with Gasteiger partial charge in [-0.05, 0) is 42.7 Å². The minimum Gasteiger partial charge on any atom is -0.479 e. The van der Waals surface area contributed by atoms with Gasteiger partial charge in [0.15, 0.2) is 11.9 Å². The molecule has 0 aliphatic carbocycles. The van der Waals surface area contributed by atoms with Gasteiger partial charge in [-0.1, -0.05) is 73.7 Å². The number of benzene rings is 2. The highest BCUT2D eigenvalue weighted by molar-refractivity contribution is 6.00. The van der Waals surface area contributed by atoms with E-state index in [2.05, 4.69) is 11.8 Å². The van der Waals surface area contributed by atoms with Crippen LogP contribution < -0.4 is 0 Å². The second-order valence-corrected chi connectivity index (χ2v) is 7.68. The standard InChI is InChI=1S/C26H29NO4/c1-3-20-12-14-23(15-13-20)25(28)24-7-5-17-27(24)16-4-6-21-8-10-22(11-9-21)18-31-19(2)26(29)30/h4-6,8-15,17,19,24H,3,7,16,18H2,1-2H3,(H,29,30)/b6-4+/t19-,24?/m1/s1. The van der Waals surface area contributed by atoms with Crippen molar-refractivity contribution in [2.45, 2.75) is 45.4 Å². The van der Waals surface area contributed by atoms with Gasteiger partial charge in [0, 0.05) is 12.1 Å². The van der Waals surface area contributed by atoms with E-state index in [-0.39, 0.29) is 18.4 Å². The van der Waals surface area contributed by atoms with E-state index in [0.29, 0.717) is 6.54 Å². The molecule has 0 aromatic heterocycles. The predicted molar refractivity (Wildman–Crippen MR) is 122 cm³/mol. The second-order valence-electron chi connectivity index (χ2n) is 7.68. The smallest absolute Gasteiger partial charge is 0.332 e. The highest BCUT2D eigenvalue weighted by atomic mass is 16.5. The molecule has 162 valence electrons. The Bertz CT molecular complexity index is 944. The lowest BCUT2D eigenvalue weighted by atomic mass is 10.0. The number of Topliss-reactive ketones (excluding diaryl/α,β-unsaturated/α-hetero) is 1. The van der Waals surface area contributed by atoms with Gasteiger partial charge in [0.1, 0.15) is 0 Å². The van der Waals surface area contributed by atoms with Crippen molar-refractivity contribution in [3.8, 4) is 0 Å². The first-order valence-electron chi connectivity index (χ1n) is 10.6. The van der Waals surface area contributed by atoms with Crippen LogP contribution in [-0.4, -0.2) is 40.4 Å². The summed E-state index contributed by atoms with van der Waals surface area (Å²) in [5.41, 5.74) is 3.95. The molecule has 2 atom stereocenters. The monoisotopic (exact) mass is 419 g/mol. The summed E-state index contributed by atoms with van der Waals surface area (Å²) in [5.74, 6) is -0.814. The maximum Gasteiger partial charge on any atom is 0.332 e. The van der Waals surface area contributed by atoms with E-state index in [9.17, 15) is 9.59 Å². The molecule has 1 aliphatic heterocycles. The molecule has 1 unspecified atom stereocenters. The molecule has 0 radical (unpaired) electrons. The third-order valence-corrected chi connectivity index (χ3v) is 5.46. The Morgan fingerprint density at radius 1 is 1.13 bits per heavy atom. The van der Waals surface area contributed by atoms with E-state index in [1.54, 1.807) is 0 Å². The number of carbonyl (C=O) groups is 2. The molecule has 0 fully saturated rings. The van der Waals surface area contributed by atoms with Crippen LogP contribution in [0.4, 0.5) is 0 Å². The Balaban J connectivity index is 1.54. The van der Waals surface area contributed by atoms with Gasteiger partial charge in [-0.25, -0.2) is 4.79 Å². The molecule has 1 aliphatic rings. The lowest BCUT2D eigenvalue weighted by molar-refractivity contribution is -0.149. The van der Waals surface area contributed by atoms with Crippen molar-refractivity contribution in [3.63, 3.8) is 0 Å². The fraction of sp³-hybridized carbons (Fsp3) is 0.308. The number of ketones is 1. The molecular formula is C26H29NO4. The number of aryl methyl sites for hydroxylation is 1. The summed E-state index contributed by atoms with van der Waals surface area (Å²) in [6, 6.07) is 15.5. The number of aliphatic carboxylic acids is 1. The van der Waals surface area contributed by atoms with Gasteiger partial charge in [-0.15, -0.1) is 0 Å². The Kier molecular flexibility index (Phi) is 7.79. The lowest BCUT2D eigenvalue weighted by Gasteiger charge is -2.23. The molecule has 5 heteroatoms. The maximum atomic E-state index is 12.9. The van der Waals surface area contributed by atoms with Crippen LogP contribution in [0.5, 0.6) is 0 Å². The Labute approximate surface area is 183 Å². The summed E-state index contributed by atoms with van der Waals surface area (Å²) >= 11 is 0. The molecule has 1 heterocycles. The SMILES string of the molecule is CCc1ccc(C(=O)C2CC=CN2C/C=C/c2ccc(CO[C@H](C)C(=O)O)cc2)cc1. The molecule has 2 aromatic rings. The molecule has 0 amide bonds. The highest BCUT2D eigenvalue weighted by Gasteiger charge is 2.26. The number of carboxylic acid groups (broad SMARTS) is 1. The Hall–Kier alpha value is -3.18. The van der Waals surface area contributed by atoms with E-state index in [4.69, 9.17) is 9.84 Å². The summed E-state index contributed by atoms with van der Waals surface area (Å²) in [4.78, 5) is 25.8. The van der Waals surface area contributed by atoms with Gasteiger partial charge in [0.25, 0.3) is 0 Å². The minimum absolute atomic E-state index is 0.154. The Morgan fingerprint density at radius 3 is 2.45 bits per heavy atom. The molecule has 3 rings (SSSR count). The highest BCUT2D eigenvalue weighted by Crippen LogP contribution is 2.20. The van der Waals surface area contributed by atoms with E-state index >= 15 is 0 Å². The molecule has 5 nitrogen and oxygen atoms in total. The van der Waals surface area contributed by atoms with E-state index in [0.717, 1.165) is 29.5 Å². The van der Waals surface area contributed by atoms with Gasteiger partial charge in [0.2, 0.25) is 0 Å². The zero-order valence-electron chi connectivity index (χ0n) is 18.0. The first kappa shape index (κ1) is 22.5. The van der Waals surface area contributed by atoms with Crippen LogP contribution >= 0.6 is 0 Å². The van der Waals surface area contributed by atoms with Crippen LogP contribution in [0.2, 0.25) is 0 Å². The van der Waals surface area contributed by atoms with Gasteiger partial charge < -0.3 is 14.7 Å². The van der Waals surface area contributed by atoms with Gasteiger partial charge in [-0.2, -0.15) is 0 Å². The van der Waals surface area contributed by atoms with E-state index in [1.807, 2.05) is 73.0 Å². The zero-order valence-corrected chi connectivity index (χ0v) is 18.0.